The number of hydrogen-bond acceptors (Lipinski definition) is 3. The maximum absolute atomic E-state index is 6.25. The second kappa shape index (κ2) is 8.03. The minimum Gasteiger partial charge on any atom is -0.312 e. The Balaban J connectivity index is 0.00000192. The summed E-state index contributed by atoms with van der Waals surface area (Å²) in [6.07, 6.45) is 3.78. The van der Waals surface area contributed by atoms with E-state index in [0.717, 1.165) is 38.3 Å². The number of aromatic nitrogens is 3. The van der Waals surface area contributed by atoms with Gasteiger partial charge in [-0.3, -0.25) is 0 Å². The summed E-state index contributed by atoms with van der Waals surface area (Å²) in [6, 6.07) is 12.9. The molecule has 1 unspecified atom stereocenters. The zero-order valence-corrected chi connectivity index (χ0v) is 17.6. The fraction of sp³-hybridized carbons (Fsp3) is 0.333. The lowest BCUT2D eigenvalue weighted by Crippen LogP contribution is -2.29. The zero-order chi connectivity index (χ0) is 18.4. The SMILES string of the molecule is Cl.Clc1ccc([C@@H]2CNCc3cc(C4CCc5ncnn5C4)ccc32)cc1Cl. The van der Waals surface area contributed by atoms with E-state index in [1.165, 1.54) is 22.3 Å². The molecule has 2 aliphatic rings. The molecule has 5 rings (SSSR count). The van der Waals surface area contributed by atoms with Gasteiger partial charge in [-0.05, 0) is 40.8 Å². The van der Waals surface area contributed by atoms with Gasteiger partial charge in [0.25, 0.3) is 0 Å². The molecule has 2 aliphatic heterocycles. The van der Waals surface area contributed by atoms with Crippen LogP contribution in [0.2, 0.25) is 10.0 Å². The molecular weight excluding hydrogens is 415 g/mol. The van der Waals surface area contributed by atoms with Crippen LogP contribution in [0, 0.1) is 0 Å². The molecule has 0 aliphatic carbocycles. The minimum absolute atomic E-state index is 0. The molecular formula is C21H21Cl3N4. The number of fused-ring (bicyclic) bond motifs is 2. The van der Waals surface area contributed by atoms with Gasteiger partial charge in [0.05, 0.1) is 10.0 Å². The number of benzene rings is 2. The van der Waals surface area contributed by atoms with Crippen LogP contribution in [-0.2, 0) is 19.5 Å². The van der Waals surface area contributed by atoms with Gasteiger partial charge in [0.1, 0.15) is 12.2 Å². The average Bonchev–Trinajstić information content (AvgIpc) is 3.17. The lowest BCUT2D eigenvalue weighted by molar-refractivity contribution is 0.422. The Kier molecular flexibility index (Phi) is 5.66. The summed E-state index contributed by atoms with van der Waals surface area (Å²) < 4.78 is 2.05. The van der Waals surface area contributed by atoms with Crippen molar-refractivity contribution in [1.82, 2.24) is 20.1 Å². The predicted molar refractivity (Wildman–Crippen MR) is 115 cm³/mol. The van der Waals surface area contributed by atoms with Gasteiger partial charge in [0, 0.05) is 37.9 Å². The number of nitrogens with zero attached hydrogens (tertiary/aromatic N) is 3. The summed E-state index contributed by atoms with van der Waals surface area (Å²) in [7, 11) is 0. The highest BCUT2D eigenvalue weighted by Gasteiger charge is 2.25. The molecule has 1 N–H and O–H groups in total. The summed E-state index contributed by atoms with van der Waals surface area (Å²) in [4.78, 5) is 4.33. The first-order chi connectivity index (χ1) is 13.2. The second-order valence-electron chi connectivity index (χ2n) is 7.41. The third-order valence-electron chi connectivity index (χ3n) is 5.83. The number of halogens is 3. The Morgan fingerprint density at radius 1 is 1.04 bits per heavy atom. The van der Waals surface area contributed by atoms with Gasteiger partial charge in [-0.15, -0.1) is 12.4 Å². The van der Waals surface area contributed by atoms with E-state index >= 15 is 0 Å². The molecule has 0 bridgehead atoms. The van der Waals surface area contributed by atoms with Crippen molar-refractivity contribution in [3.8, 4) is 0 Å². The molecule has 2 aromatic carbocycles. The molecule has 3 aromatic rings. The molecule has 1 aromatic heterocycles. The highest BCUT2D eigenvalue weighted by Crippen LogP contribution is 2.36. The molecule has 0 saturated heterocycles. The molecule has 0 saturated carbocycles. The largest absolute Gasteiger partial charge is 0.312 e. The van der Waals surface area contributed by atoms with Gasteiger partial charge < -0.3 is 5.32 Å². The smallest absolute Gasteiger partial charge is 0.138 e. The number of aryl methyl sites for hydroxylation is 1. The fourth-order valence-electron chi connectivity index (χ4n) is 4.37. The van der Waals surface area contributed by atoms with Gasteiger partial charge in [-0.2, -0.15) is 5.10 Å². The van der Waals surface area contributed by atoms with E-state index < -0.39 is 0 Å². The molecule has 0 fully saturated rings. The van der Waals surface area contributed by atoms with Gasteiger partial charge in [0.2, 0.25) is 0 Å². The quantitative estimate of drug-likeness (QED) is 0.618. The van der Waals surface area contributed by atoms with Gasteiger partial charge in [-0.1, -0.05) is 47.5 Å². The van der Waals surface area contributed by atoms with Crippen molar-refractivity contribution in [2.24, 2.45) is 0 Å². The van der Waals surface area contributed by atoms with Crippen molar-refractivity contribution < 1.29 is 0 Å². The van der Waals surface area contributed by atoms with E-state index in [9.17, 15) is 0 Å². The number of rotatable bonds is 2. The van der Waals surface area contributed by atoms with E-state index in [-0.39, 0.29) is 12.4 Å². The lowest BCUT2D eigenvalue weighted by atomic mass is 9.82. The van der Waals surface area contributed by atoms with E-state index in [2.05, 4.69) is 39.7 Å². The van der Waals surface area contributed by atoms with E-state index in [4.69, 9.17) is 23.2 Å². The topological polar surface area (TPSA) is 42.7 Å². The van der Waals surface area contributed by atoms with Crippen LogP contribution in [0.5, 0.6) is 0 Å². The Morgan fingerprint density at radius 2 is 1.89 bits per heavy atom. The number of nitrogens with one attached hydrogen (secondary N) is 1. The van der Waals surface area contributed by atoms with Crippen LogP contribution < -0.4 is 5.32 Å². The average molecular weight is 436 g/mol. The second-order valence-corrected chi connectivity index (χ2v) is 8.22. The first-order valence-corrected chi connectivity index (χ1v) is 10.1. The van der Waals surface area contributed by atoms with E-state index in [0.29, 0.717) is 21.9 Å². The molecule has 4 nitrogen and oxygen atoms in total. The van der Waals surface area contributed by atoms with Crippen molar-refractivity contribution in [3.05, 3.63) is 80.8 Å². The van der Waals surface area contributed by atoms with Crippen LogP contribution in [0.25, 0.3) is 0 Å². The Labute approximate surface area is 180 Å². The summed E-state index contributed by atoms with van der Waals surface area (Å²) >= 11 is 12.3. The Morgan fingerprint density at radius 3 is 2.75 bits per heavy atom. The molecule has 3 heterocycles. The summed E-state index contributed by atoms with van der Waals surface area (Å²) in [6.45, 7) is 2.73. The van der Waals surface area contributed by atoms with E-state index in [1.54, 1.807) is 6.33 Å². The van der Waals surface area contributed by atoms with Crippen molar-refractivity contribution in [2.75, 3.05) is 6.54 Å². The molecule has 0 amide bonds. The highest BCUT2D eigenvalue weighted by atomic mass is 35.5. The van der Waals surface area contributed by atoms with Crippen molar-refractivity contribution in [3.63, 3.8) is 0 Å². The van der Waals surface area contributed by atoms with E-state index in [1.807, 2.05) is 16.8 Å². The minimum atomic E-state index is 0. The van der Waals surface area contributed by atoms with Gasteiger partial charge >= 0.3 is 0 Å². The van der Waals surface area contributed by atoms with Crippen LogP contribution in [0.3, 0.4) is 0 Å². The van der Waals surface area contributed by atoms with Crippen molar-refractivity contribution in [1.29, 1.82) is 0 Å². The Bertz CT molecular complexity index is 1000. The standard InChI is InChI=1S/C21H20Cl2N4.ClH/c22-19-5-2-14(8-20(19)23)18-10-24-9-16-7-13(1-4-17(16)18)15-3-6-21-25-12-26-27(21)11-15;/h1-2,4-5,7-8,12,15,18,24H,3,6,9-11H2;1H/t15?,18-;/m0./s1. The molecule has 28 heavy (non-hydrogen) atoms. The van der Waals surface area contributed by atoms with Crippen LogP contribution in [0.15, 0.2) is 42.7 Å². The van der Waals surface area contributed by atoms with Crippen LogP contribution in [0.1, 0.15) is 46.3 Å². The summed E-state index contributed by atoms with van der Waals surface area (Å²) in [5, 5.41) is 9.13. The lowest BCUT2D eigenvalue weighted by Gasteiger charge is -2.29. The third-order valence-corrected chi connectivity index (χ3v) is 6.57. The zero-order valence-electron chi connectivity index (χ0n) is 15.2. The maximum atomic E-state index is 6.25. The molecule has 2 atom stereocenters. The fourth-order valence-corrected chi connectivity index (χ4v) is 4.68. The monoisotopic (exact) mass is 434 g/mol. The van der Waals surface area contributed by atoms with Crippen molar-refractivity contribution >= 4 is 35.6 Å². The summed E-state index contributed by atoms with van der Waals surface area (Å²) in [5.41, 5.74) is 5.36. The first-order valence-electron chi connectivity index (χ1n) is 9.34. The predicted octanol–water partition coefficient (Wildman–Crippen LogP) is 4.97. The maximum Gasteiger partial charge on any atom is 0.138 e. The summed E-state index contributed by atoms with van der Waals surface area (Å²) in [5.74, 6) is 1.89. The van der Waals surface area contributed by atoms with Gasteiger partial charge in [0.15, 0.2) is 0 Å². The number of hydrogen-bond donors (Lipinski definition) is 1. The van der Waals surface area contributed by atoms with Crippen LogP contribution in [0.4, 0.5) is 0 Å². The van der Waals surface area contributed by atoms with Crippen LogP contribution in [-0.4, -0.2) is 21.3 Å². The third kappa shape index (κ3) is 3.55. The highest BCUT2D eigenvalue weighted by molar-refractivity contribution is 6.42. The Hall–Kier alpha value is -1.59. The molecule has 146 valence electrons. The molecule has 7 heteroatoms. The normalized spacial score (nSPS) is 20.8. The van der Waals surface area contributed by atoms with Crippen LogP contribution >= 0.6 is 35.6 Å². The molecule has 0 spiro atoms. The van der Waals surface area contributed by atoms with Crippen molar-refractivity contribution in [2.45, 2.75) is 37.8 Å². The molecule has 0 radical (unpaired) electrons. The first kappa shape index (κ1) is 19.7. The van der Waals surface area contributed by atoms with Gasteiger partial charge in [-0.25, -0.2) is 9.67 Å².